The van der Waals surface area contributed by atoms with Gasteiger partial charge in [0.2, 0.25) is 11.8 Å². The summed E-state index contributed by atoms with van der Waals surface area (Å²) in [6.45, 7) is 4.16. The first-order valence-electron chi connectivity index (χ1n) is 14.3. The first-order chi connectivity index (χ1) is 21.2. The predicted octanol–water partition coefficient (Wildman–Crippen LogP) is 4.51. The lowest BCUT2D eigenvalue weighted by molar-refractivity contribution is -0.119. The Labute approximate surface area is 257 Å². The van der Waals surface area contributed by atoms with Crippen molar-refractivity contribution < 1.29 is 13.9 Å². The number of halogens is 2. The number of hydrogen-bond acceptors (Lipinski definition) is 9. The first-order valence-corrected chi connectivity index (χ1v) is 14.6. The number of aromatic nitrogens is 5. The second-order valence-electron chi connectivity index (χ2n) is 10.6. The van der Waals surface area contributed by atoms with Gasteiger partial charge in [0.1, 0.15) is 0 Å². The Morgan fingerprint density at radius 3 is 2.80 bits per heavy atom. The Morgan fingerprint density at radius 2 is 2.00 bits per heavy atom. The minimum atomic E-state index is -0.714. The number of pyridine rings is 1. The number of carbonyl (C=O) groups is 1. The van der Waals surface area contributed by atoms with Crippen LogP contribution in [-0.2, 0) is 16.6 Å². The lowest BCUT2D eigenvalue weighted by Gasteiger charge is -2.23. The molecule has 0 unspecified atom stereocenters. The Hall–Kier alpha value is -4.75. The molecule has 0 radical (unpaired) electrons. The number of carbonyl (C=O) groups excluding carboxylic acids is 1. The molecular weight excluding hydrogens is 589 g/mol. The van der Waals surface area contributed by atoms with Gasteiger partial charge in [0, 0.05) is 30.8 Å². The van der Waals surface area contributed by atoms with E-state index in [1.165, 1.54) is 28.0 Å². The van der Waals surface area contributed by atoms with Crippen LogP contribution in [0, 0.1) is 11.7 Å². The van der Waals surface area contributed by atoms with Gasteiger partial charge >= 0.3 is 0 Å². The van der Waals surface area contributed by atoms with E-state index in [0.29, 0.717) is 48.8 Å². The van der Waals surface area contributed by atoms with Crippen LogP contribution >= 0.6 is 11.6 Å². The highest BCUT2D eigenvalue weighted by Gasteiger charge is 2.26. The van der Waals surface area contributed by atoms with Crippen molar-refractivity contribution in [3.63, 3.8) is 0 Å². The third-order valence-corrected chi connectivity index (χ3v) is 8.05. The smallest absolute Gasteiger partial charge is 0.254 e. The summed E-state index contributed by atoms with van der Waals surface area (Å²) in [6, 6.07) is 7.60. The lowest BCUT2D eigenvalue weighted by atomic mass is 9.97. The summed E-state index contributed by atoms with van der Waals surface area (Å²) in [5, 5.41) is 8.77. The number of ether oxygens (including phenoxy) is 1. The monoisotopic (exact) mass is 619 g/mol. The van der Waals surface area contributed by atoms with E-state index in [1.54, 1.807) is 36.4 Å². The second-order valence-corrected chi connectivity index (χ2v) is 11.1. The normalized spacial score (nSPS) is 18.4. The largest absolute Gasteiger partial charge is 0.477 e. The summed E-state index contributed by atoms with van der Waals surface area (Å²) in [5.41, 5.74) is 8.68. The quantitative estimate of drug-likeness (QED) is 0.295. The molecule has 44 heavy (non-hydrogen) atoms. The number of aryl methyl sites for hydroxylation is 1. The minimum Gasteiger partial charge on any atom is -0.477 e. The molecule has 2 aliphatic rings. The average molecular weight is 620 g/mol. The molecule has 12 nitrogen and oxygen atoms in total. The number of nitrogens with zero attached hydrogens (tertiary/aromatic N) is 6. The molecule has 3 N–H and O–H groups in total. The van der Waals surface area contributed by atoms with Crippen LogP contribution in [0.3, 0.4) is 0 Å². The highest BCUT2D eigenvalue weighted by molar-refractivity contribution is 6.31. The van der Waals surface area contributed by atoms with Crippen molar-refractivity contribution >= 4 is 28.9 Å². The van der Waals surface area contributed by atoms with Crippen molar-refractivity contribution in [1.29, 1.82) is 0 Å². The zero-order chi connectivity index (χ0) is 31.0. The van der Waals surface area contributed by atoms with Crippen LogP contribution in [-0.4, -0.2) is 36.8 Å². The van der Waals surface area contributed by atoms with Crippen molar-refractivity contribution in [2.45, 2.75) is 39.2 Å². The molecule has 4 aromatic rings. The number of anilines is 2. The predicted molar refractivity (Wildman–Crippen MR) is 164 cm³/mol. The molecule has 0 saturated heterocycles. The molecule has 1 amide bonds. The van der Waals surface area contributed by atoms with E-state index in [2.05, 4.69) is 31.3 Å². The molecule has 228 valence electrons. The number of fused-ring (bicyclic) bond motifs is 4. The SMILES string of the molecule is CCOC1=CN(c2ccc(Cl)c(F)c2-c2cc(=O)n([C@H]3CCC[C@@H](C)C(=O)Nc4cnn(C)c4-c4ccnc3c4)cn2)NN1. The van der Waals surface area contributed by atoms with E-state index in [-0.39, 0.29) is 28.1 Å². The van der Waals surface area contributed by atoms with E-state index in [9.17, 15) is 9.59 Å². The van der Waals surface area contributed by atoms with Gasteiger partial charge in [-0.15, -0.1) is 5.53 Å². The number of hydrogen-bond donors (Lipinski definition) is 3. The number of nitrogens with one attached hydrogen (secondary N) is 3. The average Bonchev–Trinajstić information content (AvgIpc) is 3.62. The number of rotatable bonds is 5. The molecule has 0 saturated carbocycles. The summed E-state index contributed by atoms with van der Waals surface area (Å²) >= 11 is 6.18. The van der Waals surface area contributed by atoms with E-state index in [1.807, 2.05) is 26.0 Å². The summed E-state index contributed by atoms with van der Waals surface area (Å²) in [7, 11) is 1.80. The van der Waals surface area contributed by atoms with Gasteiger partial charge in [-0.1, -0.05) is 24.9 Å². The van der Waals surface area contributed by atoms with Crippen molar-refractivity contribution in [3.8, 4) is 22.5 Å². The topological polar surface area (TPSA) is 131 Å². The summed E-state index contributed by atoms with van der Waals surface area (Å²) in [4.78, 5) is 35.9. The summed E-state index contributed by atoms with van der Waals surface area (Å²) in [6.07, 6.45) is 8.10. The van der Waals surface area contributed by atoms with Gasteiger partial charge in [-0.05, 0) is 44.0 Å². The number of hydrazine groups is 2. The van der Waals surface area contributed by atoms with Crippen LogP contribution < -0.4 is 26.8 Å². The molecular formula is C30H31ClFN9O3. The van der Waals surface area contributed by atoms with Gasteiger partial charge in [-0.3, -0.25) is 34.3 Å². The van der Waals surface area contributed by atoms with Gasteiger partial charge in [-0.2, -0.15) is 5.10 Å². The standard InChI is InChI=1S/C30H31ClFN9O3/c1-4-44-25-15-41(38-37-25)24-9-8-19(31)28(32)27(24)21-13-26(42)40(16-34-21)23-7-5-6-17(2)30(43)36-22-14-35-39(3)29(22)18-10-11-33-20(23)12-18/h8-17,23,37-38H,4-7H2,1-3H3,(H,36,43)/t17-,23+/m1/s1. The van der Waals surface area contributed by atoms with E-state index < -0.39 is 17.4 Å². The van der Waals surface area contributed by atoms with Gasteiger partial charge < -0.3 is 10.1 Å². The summed E-state index contributed by atoms with van der Waals surface area (Å²) < 4.78 is 24.2. The second kappa shape index (κ2) is 12.1. The molecule has 5 heterocycles. The van der Waals surface area contributed by atoms with Crippen LogP contribution in [0.15, 0.2) is 65.9 Å². The Morgan fingerprint density at radius 1 is 1.16 bits per heavy atom. The fourth-order valence-electron chi connectivity index (χ4n) is 5.50. The number of amides is 1. The maximum atomic E-state index is 15.6. The minimum absolute atomic E-state index is 0.0486. The first kappa shape index (κ1) is 29.3. The van der Waals surface area contributed by atoms with Crippen LogP contribution in [0.25, 0.3) is 22.5 Å². The molecule has 0 fully saturated rings. The Balaban J connectivity index is 1.42. The van der Waals surface area contributed by atoms with E-state index >= 15 is 4.39 Å². The molecule has 2 aliphatic heterocycles. The Bertz CT molecular complexity index is 1820. The molecule has 1 aromatic carbocycles. The highest BCUT2D eigenvalue weighted by Crippen LogP contribution is 2.37. The maximum Gasteiger partial charge on any atom is 0.254 e. The highest BCUT2D eigenvalue weighted by atomic mass is 35.5. The van der Waals surface area contributed by atoms with Crippen LogP contribution in [0.1, 0.15) is 44.8 Å². The fourth-order valence-corrected chi connectivity index (χ4v) is 5.66. The third kappa shape index (κ3) is 5.51. The maximum absolute atomic E-state index is 15.6. The van der Waals surface area contributed by atoms with Gasteiger partial charge in [0.25, 0.3) is 5.56 Å². The van der Waals surface area contributed by atoms with Gasteiger partial charge in [0.05, 0.1) is 70.4 Å². The molecule has 14 heteroatoms. The molecule has 3 aromatic heterocycles. The van der Waals surface area contributed by atoms with Crippen LogP contribution in [0.5, 0.6) is 0 Å². The molecule has 2 atom stereocenters. The lowest BCUT2D eigenvalue weighted by Crippen LogP contribution is -2.37. The van der Waals surface area contributed by atoms with Crippen LogP contribution in [0.2, 0.25) is 5.02 Å². The van der Waals surface area contributed by atoms with Gasteiger partial charge in [-0.25, -0.2) is 9.37 Å². The molecule has 6 rings (SSSR count). The number of benzene rings is 1. The Kier molecular flexibility index (Phi) is 8.06. The van der Waals surface area contributed by atoms with E-state index in [0.717, 1.165) is 11.3 Å². The zero-order valence-corrected chi connectivity index (χ0v) is 25.1. The summed E-state index contributed by atoms with van der Waals surface area (Å²) in [5.74, 6) is -0.631. The molecule has 2 bridgehead atoms. The fraction of sp³-hybridized carbons (Fsp3) is 0.300. The molecule has 0 aliphatic carbocycles. The third-order valence-electron chi connectivity index (χ3n) is 7.76. The van der Waals surface area contributed by atoms with Crippen molar-refractivity contribution in [2.75, 3.05) is 16.9 Å². The van der Waals surface area contributed by atoms with Gasteiger partial charge in [0.15, 0.2) is 5.82 Å². The zero-order valence-electron chi connectivity index (χ0n) is 24.3. The van der Waals surface area contributed by atoms with Crippen molar-refractivity contribution in [1.82, 2.24) is 35.3 Å². The van der Waals surface area contributed by atoms with Crippen LogP contribution in [0.4, 0.5) is 15.8 Å². The van der Waals surface area contributed by atoms with E-state index in [4.69, 9.17) is 16.3 Å². The van der Waals surface area contributed by atoms with Crippen molar-refractivity contribution in [2.24, 2.45) is 13.0 Å². The molecule has 0 spiro atoms. The van der Waals surface area contributed by atoms with Crippen molar-refractivity contribution in [3.05, 3.63) is 88.0 Å².